The maximum atomic E-state index is 11.0. The Balaban J connectivity index is 2.11. The Morgan fingerprint density at radius 2 is 2.14 bits per heavy atom. The minimum absolute atomic E-state index is 0.187. The molecule has 1 aromatic carbocycles. The Hall–Kier alpha value is -2.15. The molecule has 0 aliphatic carbocycles. The summed E-state index contributed by atoms with van der Waals surface area (Å²) in [7, 11) is 0. The number of rotatable bonds is 6. The highest BCUT2D eigenvalue weighted by Crippen LogP contribution is 2.31. The number of amides is 1. The van der Waals surface area contributed by atoms with E-state index >= 15 is 0 Å². The summed E-state index contributed by atoms with van der Waals surface area (Å²) in [4.78, 5) is 15.7. The average molecular weight is 315 g/mol. The Morgan fingerprint density at radius 3 is 2.91 bits per heavy atom. The second-order valence-electron chi connectivity index (χ2n) is 5.04. The molecule has 1 aromatic rings. The summed E-state index contributed by atoms with van der Waals surface area (Å²) in [6.07, 6.45) is 2.08. The number of thioether (sulfide) groups is 1. The molecule has 2 aliphatic rings. The number of benzene rings is 1. The normalized spacial score (nSPS) is 11.3. The second-order valence-corrected chi connectivity index (χ2v) is 5.99. The quantitative estimate of drug-likeness (QED) is 0.705. The molecule has 6 nitrogen and oxygen atoms in total. The zero-order valence-corrected chi connectivity index (χ0v) is 13.1. The van der Waals surface area contributed by atoms with Crippen LogP contribution in [0, 0.1) is 0 Å². The first kappa shape index (κ1) is 14.8. The lowest BCUT2D eigenvalue weighted by Gasteiger charge is -2.14. The molecule has 0 saturated carbocycles. The number of hydrogen-bond donors (Lipinski definition) is 1. The molecule has 2 heterocycles. The smallest absolute Gasteiger partial charge is 0.227 e. The van der Waals surface area contributed by atoms with Gasteiger partial charge < -0.3 is 10.3 Å². The van der Waals surface area contributed by atoms with Crippen LogP contribution in [0.15, 0.2) is 29.4 Å². The highest BCUT2D eigenvalue weighted by atomic mass is 32.2. The molecule has 1 amide bonds. The SMILES string of the molecule is CCCCn1c(SCC(N)=O)nnc2c3ccccc3nc1-2. The number of para-hydroxylation sites is 1. The highest BCUT2D eigenvalue weighted by molar-refractivity contribution is 7.99. The van der Waals surface area contributed by atoms with Crippen molar-refractivity contribution < 1.29 is 4.79 Å². The fourth-order valence-electron chi connectivity index (χ4n) is 2.34. The molecule has 114 valence electrons. The van der Waals surface area contributed by atoms with Crippen LogP contribution in [0.5, 0.6) is 0 Å². The molecule has 3 rings (SSSR count). The van der Waals surface area contributed by atoms with Gasteiger partial charge in [0.25, 0.3) is 0 Å². The first-order valence-electron chi connectivity index (χ1n) is 7.23. The zero-order valence-electron chi connectivity index (χ0n) is 12.3. The summed E-state index contributed by atoms with van der Waals surface area (Å²) < 4.78 is 2.04. The average Bonchev–Trinajstić information content (AvgIpc) is 2.89. The Labute approximate surface area is 132 Å². The van der Waals surface area contributed by atoms with E-state index < -0.39 is 0 Å². The van der Waals surface area contributed by atoms with E-state index in [1.54, 1.807) is 0 Å². The van der Waals surface area contributed by atoms with Gasteiger partial charge in [-0.25, -0.2) is 4.98 Å². The minimum atomic E-state index is -0.366. The summed E-state index contributed by atoms with van der Waals surface area (Å²) in [5, 5.41) is 10.3. The third-order valence-corrected chi connectivity index (χ3v) is 4.39. The van der Waals surface area contributed by atoms with Gasteiger partial charge in [-0.3, -0.25) is 4.79 Å². The largest absolute Gasteiger partial charge is 0.369 e. The van der Waals surface area contributed by atoms with Gasteiger partial charge >= 0.3 is 0 Å². The van der Waals surface area contributed by atoms with Crippen molar-refractivity contribution in [3.8, 4) is 11.5 Å². The van der Waals surface area contributed by atoms with Crippen LogP contribution in [0.25, 0.3) is 22.4 Å². The molecule has 0 unspecified atom stereocenters. The molecule has 0 spiro atoms. The molecule has 0 fully saturated rings. The minimum Gasteiger partial charge on any atom is -0.369 e. The molecule has 0 atom stereocenters. The number of primary amides is 1. The van der Waals surface area contributed by atoms with E-state index in [1.165, 1.54) is 11.8 Å². The van der Waals surface area contributed by atoms with Crippen molar-refractivity contribution in [2.45, 2.75) is 31.5 Å². The van der Waals surface area contributed by atoms with Crippen LogP contribution in [0.1, 0.15) is 19.8 Å². The van der Waals surface area contributed by atoms with Gasteiger partial charge in [-0.15, -0.1) is 10.2 Å². The van der Waals surface area contributed by atoms with Crippen molar-refractivity contribution in [2.24, 2.45) is 5.73 Å². The van der Waals surface area contributed by atoms with Crippen LogP contribution in [0.2, 0.25) is 0 Å². The maximum Gasteiger partial charge on any atom is 0.227 e. The van der Waals surface area contributed by atoms with E-state index in [9.17, 15) is 4.79 Å². The summed E-state index contributed by atoms with van der Waals surface area (Å²) in [6, 6.07) is 7.90. The number of hydrogen-bond acceptors (Lipinski definition) is 5. The van der Waals surface area contributed by atoms with Crippen LogP contribution in [-0.2, 0) is 11.3 Å². The molecule has 0 aromatic heterocycles. The summed E-state index contributed by atoms with van der Waals surface area (Å²) in [5.41, 5.74) is 6.94. The van der Waals surface area contributed by atoms with Crippen molar-refractivity contribution in [1.29, 1.82) is 0 Å². The van der Waals surface area contributed by atoms with Crippen molar-refractivity contribution in [1.82, 2.24) is 19.7 Å². The van der Waals surface area contributed by atoms with Crippen LogP contribution < -0.4 is 5.73 Å². The maximum absolute atomic E-state index is 11.0. The molecule has 0 radical (unpaired) electrons. The molecule has 7 heteroatoms. The molecule has 2 aliphatic heterocycles. The van der Waals surface area contributed by atoms with E-state index in [0.29, 0.717) is 5.16 Å². The monoisotopic (exact) mass is 315 g/mol. The fraction of sp³-hybridized carbons (Fsp3) is 0.333. The van der Waals surface area contributed by atoms with E-state index in [0.717, 1.165) is 41.8 Å². The number of aromatic nitrogens is 4. The van der Waals surface area contributed by atoms with Gasteiger partial charge in [-0.1, -0.05) is 43.3 Å². The predicted octanol–water partition coefficient (Wildman–Crippen LogP) is 2.31. The van der Waals surface area contributed by atoms with Gasteiger partial charge in [0.2, 0.25) is 5.91 Å². The zero-order chi connectivity index (χ0) is 15.5. The number of nitrogens with two attached hydrogens (primary N) is 1. The van der Waals surface area contributed by atoms with E-state index in [2.05, 4.69) is 22.1 Å². The Kier molecular flexibility index (Phi) is 4.24. The second kappa shape index (κ2) is 6.31. The Bertz CT molecular complexity index is 785. The van der Waals surface area contributed by atoms with Gasteiger partial charge in [0.1, 0.15) is 5.69 Å². The molecule has 0 saturated heterocycles. The predicted molar refractivity (Wildman–Crippen MR) is 86.8 cm³/mol. The van der Waals surface area contributed by atoms with E-state index in [-0.39, 0.29) is 11.7 Å². The third-order valence-electron chi connectivity index (χ3n) is 3.40. The van der Waals surface area contributed by atoms with Crippen LogP contribution in [0.4, 0.5) is 0 Å². The number of unbranched alkanes of at least 4 members (excludes halogenated alkanes) is 1. The molecular weight excluding hydrogens is 298 g/mol. The molecular formula is C15H17N5OS. The van der Waals surface area contributed by atoms with E-state index in [1.807, 2.05) is 28.8 Å². The van der Waals surface area contributed by atoms with Gasteiger partial charge in [0.15, 0.2) is 11.0 Å². The van der Waals surface area contributed by atoms with Gasteiger partial charge in [0.05, 0.1) is 11.3 Å². The fourth-order valence-corrected chi connectivity index (χ4v) is 3.05. The summed E-state index contributed by atoms with van der Waals surface area (Å²) >= 11 is 1.31. The van der Waals surface area contributed by atoms with Crippen molar-refractivity contribution in [3.05, 3.63) is 24.3 Å². The summed E-state index contributed by atoms with van der Waals surface area (Å²) in [6.45, 7) is 2.93. The van der Waals surface area contributed by atoms with Crippen molar-refractivity contribution in [3.63, 3.8) is 0 Å². The van der Waals surface area contributed by atoms with Crippen molar-refractivity contribution >= 4 is 28.6 Å². The Morgan fingerprint density at radius 1 is 1.32 bits per heavy atom. The number of fused-ring (bicyclic) bond motifs is 3. The lowest BCUT2D eigenvalue weighted by Crippen LogP contribution is -2.16. The lowest BCUT2D eigenvalue weighted by molar-refractivity contribution is -0.115. The molecule has 22 heavy (non-hydrogen) atoms. The van der Waals surface area contributed by atoms with Gasteiger partial charge in [-0.05, 0) is 12.5 Å². The van der Waals surface area contributed by atoms with Crippen LogP contribution in [-0.4, -0.2) is 31.4 Å². The highest BCUT2D eigenvalue weighted by Gasteiger charge is 2.20. The first-order chi connectivity index (χ1) is 10.7. The number of carbonyl (C=O) groups is 1. The summed E-state index contributed by atoms with van der Waals surface area (Å²) in [5.74, 6) is 0.637. The van der Waals surface area contributed by atoms with Gasteiger partial charge in [0, 0.05) is 11.9 Å². The number of carbonyl (C=O) groups excluding carboxylic acids is 1. The van der Waals surface area contributed by atoms with Crippen molar-refractivity contribution in [2.75, 3.05) is 5.75 Å². The third kappa shape index (κ3) is 2.76. The van der Waals surface area contributed by atoms with Gasteiger partial charge in [-0.2, -0.15) is 0 Å². The standard InChI is InChI=1S/C15H17N5OS/c1-2-3-8-20-14-13(10-6-4-5-7-11(10)17-14)18-19-15(20)22-9-12(16)21/h4-7H,2-3,8-9H2,1H3,(H2,16,21). The topological polar surface area (TPSA) is 86.7 Å². The van der Waals surface area contributed by atoms with Crippen LogP contribution in [0.3, 0.4) is 0 Å². The van der Waals surface area contributed by atoms with E-state index in [4.69, 9.17) is 5.73 Å². The number of nitrogens with zero attached hydrogens (tertiary/aromatic N) is 4. The molecule has 2 N–H and O–H groups in total. The van der Waals surface area contributed by atoms with Crippen LogP contribution >= 0.6 is 11.8 Å². The first-order valence-corrected chi connectivity index (χ1v) is 8.22. The lowest BCUT2D eigenvalue weighted by atomic mass is 10.2. The molecule has 0 bridgehead atoms.